The fourth-order valence-corrected chi connectivity index (χ4v) is 1.29. The first-order chi connectivity index (χ1) is 7.58. The summed E-state index contributed by atoms with van der Waals surface area (Å²) < 4.78 is 13.1. The fraction of sp³-hybridized carbons (Fsp3) is 0.500. The van der Waals surface area contributed by atoms with Crippen LogP contribution in [0.15, 0.2) is 6.33 Å². The number of hydrogen-bond acceptors (Lipinski definition) is 4. The lowest BCUT2D eigenvalue weighted by Crippen LogP contribution is -2.22. The number of rotatable bonds is 3. The lowest BCUT2D eigenvalue weighted by atomic mass is 10.1. The number of aromatic amines is 1. The van der Waals surface area contributed by atoms with Gasteiger partial charge >= 0.3 is 6.08 Å². The van der Waals surface area contributed by atoms with Crippen molar-refractivity contribution in [3.63, 3.8) is 0 Å². The first kappa shape index (κ1) is 10.8. The van der Waals surface area contributed by atoms with E-state index < -0.39 is 6.08 Å². The third-order valence-corrected chi connectivity index (χ3v) is 2.62. The Kier molecular flexibility index (Phi) is 2.72. The molecule has 2 N–H and O–H groups in total. The van der Waals surface area contributed by atoms with Crippen LogP contribution in [0.2, 0.25) is 0 Å². The average Bonchev–Trinajstić information content (AvgIpc) is 2.65. The molecule has 0 aromatic carbocycles. The van der Waals surface area contributed by atoms with Crippen LogP contribution in [0.25, 0.3) is 11.2 Å². The highest BCUT2D eigenvalue weighted by atomic mass is 19.1. The molecule has 0 bridgehead atoms. The zero-order chi connectivity index (χ0) is 11.7. The minimum atomic E-state index is -0.766. The lowest BCUT2D eigenvalue weighted by molar-refractivity contribution is 0.535. The van der Waals surface area contributed by atoms with Crippen LogP contribution in [-0.4, -0.2) is 26.0 Å². The van der Waals surface area contributed by atoms with Gasteiger partial charge in [-0.1, -0.05) is 13.8 Å². The van der Waals surface area contributed by atoms with Crippen LogP contribution in [-0.2, 0) is 0 Å². The molecule has 0 aliphatic rings. The van der Waals surface area contributed by atoms with Gasteiger partial charge in [0.05, 0.1) is 6.33 Å². The molecule has 0 fully saturated rings. The van der Waals surface area contributed by atoms with E-state index in [4.69, 9.17) is 0 Å². The van der Waals surface area contributed by atoms with Crippen molar-refractivity contribution < 1.29 is 4.39 Å². The Morgan fingerprint density at radius 1 is 1.31 bits per heavy atom. The number of hydrogen-bond donors (Lipinski definition) is 2. The monoisotopic (exact) mass is 223 g/mol. The van der Waals surface area contributed by atoms with Crippen molar-refractivity contribution >= 4 is 17.0 Å². The summed E-state index contributed by atoms with van der Waals surface area (Å²) >= 11 is 0. The van der Waals surface area contributed by atoms with E-state index in [2.05, 4.69) is 39.1 Å². The van der Waals surface area contributed by atoms with Crippen LogP contribution in [0.4, 0.5) is 10.2 Å². The molecule has 0 amide bonds. The minimum absolute atomic E-state index is 0.195. The third-order valence-electron chi connectivity index (χ3n) is 2.62. The number of fused-ring (bicyclic) bond motifs is 1. The van der Waals surface area contributed by atoms with E-state index in [0.717, 1.165) is 0 Å². The number of nitrogens with one attached hydrogen (secondary N) is 2. The highest BCUT2D eigenvalue weighted by Crippen LogP contribution is 2.18. The van der Waals surface area contributed by atoms with Gasteiger partial charge < -0.3 is 10.3 Å². The smallest absolute Gasteiger partial charge is 0.312 e. The molecule has 16 heavy (non-hydrogen) atoms. The number of imidazole rings is 1. The van der Waals surface area contributed by atoms with Crippen molar-refractivity contribution in [2.24, 2.45) is 5.92 Å². The molecule has 2 aromatic rings. The van der Waals surface area contributed by atoms with Gasteiger partial charge in [-0.15, -0.1) is 0 Å². The second-order valence-corrected chi connectivity index (χ2v) is 4.12. The second kappa shape index (κ2) is 4.03. The van der Waals surface area contributed by atoms with Crippen LogP contribution >= 0.6 is 0 Å². The Labute approximate surface area is 92.5 Å². The van der Waals surface area contributed by atoms with E-state index >= 15 is 0 Å². The van der Waals surface area contributed by atoms with Crippen molar-refractivity contribution in [1.82, 2.24) is 19.9 Å². The summed E-state index contributed by atoms with van der Waals surface area (Å²) in [5.41, 5.74) is 0.972. The molecular formula is C10H14FN5. The Balaban J connectivity index is 2.39. The van der Waals surface area contributed by atoms with Crippen molar-refractivity contribution in [1.29, 1.82) is 0 Å². The van der Waals surface area contributed by atoms with Crippen LogP contribution < -0.4 is 5.32 Å². The maximum absolute atomic E-state index is 13.1. The van der Waals surface area contributed by atoms with Crippen LogP contribution in [0.3, 0.4) is 0 Å². The van der Waals surface area contributed by atoms with Gasteiger partial charge in [0.25, 0.3) is 0 Å². The third kappa shape index (κ3) is 1.95. The van der Waals surface area contributed by atoms with Gasteiger partial charge in [0.15, 0.2) is 11.5 Å². The number of halogens is 1. The molecule has 0 aliphatic heterocycles. The number of H-pyrrole nitrogens is 1. The average molecular weight is 223 g/mol. The topological polar surface area (TPSA) is 66.5 Å². The SMILES string of the molecule is CC(C)[C@@H](C)Nc1nc(F)nc2nc[nH]c12. The normalized spacial score (nSPS) is 13.3. The Hall–Kier alpha value is -1.72. The van der Waals surface area contributed by atoms with Crippen LogP contribution in [0.5, 0.6) is 0 Å². The summed E-state index contributed by atoms with van der Waals surface area (Å²) in [5.74, 6) is 0.886. The van der Waals surface area contributed by atoms with Crippen molar-refractivity contribution in [2.45, 2.75) is 26.8 Å². The first-order valence-electron chi connectivity index (χ1n) is 5.21. The molecular weight excluding hydrogens is 209 g/mol. The molecule has 6 heteroatoms. The summed E-state index contributed by atoms with van der Waals surface area (Å²) in [4.78, 5) is 14.1. The quantitative estimate of drug-likeness (QED) is 0.780. The number of nitrogens with zero attached hydrogens (tertiary/aromatic N) is 3. The van der Waals surface area contributed by atoms with E-state index in [1.54, 1.807) is 0 Å². The van der Waals surface area contributed by atoms with E-state index in [-0.39, 0.29) is 6.04 Å². The van der Waals surface area contributed by atoms with Gasteiger partial charge in [0.1, 0.15) is 5.52 Å². The summed E-state index contributed by atoms with van der Waals surface area (Å²) in [6, 6.07) is 0.195. The van der Waals surface area contributed by atoms with E-state index in [9.17, 15) is 4.39 Å². The molecule has 0 spiro atoms. The van der Waals surface area contributed by atoms with Gasteiger partial charge in [0.2, 0.25) is 0 Å². The first-order valence-corrected chi connectivity index (χ1v) is 5.21. The standard InChI is InChI=1S/C10H14FN5/c1-5(2)6(3)14-9-7-8(13-4-12-7)15-10(11)16-9/h4-6H,1-3H3,(H2,12,13,14,15,16)/t6-/m1/s1. The Bertz CT molecular complexity index is 493. The second-order valence-electron chi connectivity index (χ2n) is 4.12. The van der Waals surface area contributed by atoms with Crippen molar-refractivity contribution in [2.75, 3.05) is 5.32 Å². The highest BCUT2D eigenvalue weighted by molar-refractivity contribution is 5.82. The minimum Gasteiger partial charge on any atom is -0.365 e. The van der Waals surface area contributed by atoms with Gasteiger partial charge in [-0.05, 0) is 12.8 Å². The molecule has 0 unspecified atom stereocenters. The summed E-state index contributed by atoms with van der Waals surface area (Å²) in [7, 11) is 0. The molecule has 0 saturated carbocycles. The number of aromatic nitrogens is 4. The largest absolute Gasteiger partial charge is 0.365 e. The molecule has 0 radical (unpaired) electrons. The molecule has 2 heterocycles. The summed E-state index contributed by atoms with van der Waals surface area (Å²) in [5, 5.41) is 3.15. The van der Waals surface area contributed by atoms with Crippen molar-refractivity contribution in [3.05, 3.63) is 12.4 Å². The van der Waals surface area contributed by atoms with Crippen LogP contribution in [0.1, 0.15) is 20.8 Å². The summed E-state index contributed by atoms with van der Waals surface area (Å²) in [6.07, 6.45) is 0.711. The Morgan fingerprint density at radius 2 is 2.06 bits per heavy atom. The molecule has 5 nitrogen and oxygen atoms in total. The van der Waals surface area contributed by atoms with Gasteiger partial charge in [0, 0.05) is 6.04 Å². The summed E-state index contributed by atoms with van der Waals surface area (Å²) in [6.45, 7) is 6.19. The lowest BCUT2D eigenvalue weighted by Gasteiger charge is -2.17. The fourth-order valence-electron chi connectivity index (χ4n) is 1.29. The molecule has 2 aromatic heterocycles. The maximum atomic E-state index is 13.1. The predicted molar refractivity (Wildman–Crippen MR) is 59.6 cm³/mol. The molecule has 86 valence electrons. The molecule has 0 aliphatic carbocycles. The van der Waals surface area contributed by atoms with E-state index in [1.807, 2.05) is 6.92 Å². The van der Waals surface area contributed by atoms with Gasteiger partial charge in [-0.2, -0.15) is 14.4 Å². The number of anilines is 1. The van der Waals surface area contributed by atoms with E-state index in [1.165, 1.54) is 6.33 Å². The zero-order valence-electron chi connectivity index (χ0n) is 9.45. The maximum Gasteiger partial charge on any atom is 0.312 e. The zero-order valence-corrected chi connectivity index (χ0v) is 9.45. The van der Waals surface area contributed by atoms with Crippen LogP contribution in [0, 0.1) is 12.0 Å². The highest BCUT2D eigenvalue weighted by Gasteiger charge is 2.13. The molecule has 0 saturated heterocycles. The van der Waals surface area contributed by atoms with Gasteiger partial charge in [-0.25, -0.2) is 4.98 Å². The Morgan fingerprint density at radius 3 is 2.75 bits per heavy atom. The van der Waals surface area contributed by atoms with Crippen molar-refractivity contribution in [3.8, 4) is 0 Å². The predicted octanol–water partition coefficient (Wildman–Crippen LogP) is 1.95. The molecule has 2 rings (SSSR count). The van der Waals surface area contributed by atoms with E-state index in [0.29, 0.717) is 22.9 Å². The molecule has 1 atom stereocenters. The van der Waals surface area contributed by atoms with Gasteiger partial charge in [-0.3, -0.25) is 0 Å².